The number of ether oxygens (including phenoxy) is 1. The van der Waals surface area contributed by atoms with Crippen LogP contribution in [0.5, 0.6) is 0 Å². The van der Waals surface area contributed by atoms with Gasteiger partial charge < -0.3 is 19.8 Å². The van der Waals surface area contributed by atoms with Gasteiger partial charge in [-0.05, 0) is 19.1 Å². The average Bonchev–Trinajstić information content (AvgIpc) is 2.28. The van der Waals surface area contributed by atoms with Gasteiger partial charge in [-0.15, -0.1) is 0 Å². The summed E-state index contributed by atoms with van der Waals surface area (Å²) < 4.78 is 4.84. The molecule has 0 saturated carbocycles. The summed E-state index contributed by atoms with van der Waals surface area (Å²) in [7, 11) is 3.26. The van der Waals surface area contributed by atoms with Gasteiger partial charge in [-0.2, -0.15) is 0 Å². The summed E-state index contributed by atoms with van der Waals surface area (Å²) in [6.45, 7) is 2.38. The molecule has 1 aromatic carbocycles. The smallest absolute Gasteiger partial charge is 0.337 e. The van der Waals surface area contributed by atoms with E-state index in [0.717, 1.165) is 5.56 Å². The van der Waals surface area contributed by atoms with Gasteiger partial charge in [0.05, 0.1) is 24.0 Å². The number of likely N-dealkylation sites (N-methyl/N-ethyl adjacent to an activating group) is 1. The van der Waals surface area contributed by atoms with E-state index in [0.29, 0.717) is 12.2 Å². The third-order valence-electron chi connectivity index (χ3n) is 2.64. The van der Waals surface area contributed by atoms with Crippen LogP contribution in [0.1, 0.15) is 15.9 Å². The Hall–Kier alpha value is -1.59. The second kappa shape index (κ2) is 6.37. The molecule has 2 N–H and O–H groups in total. The van der Waals surface area contributed by atoms with Crippen LogP contribution in [0.3, 0.4) is 0 Å². The number of aromatic carboxylic acids is 1. The molecule has 100 valence electrons. The molecule has 0 saturated heterocycles. The molecule has 0 aliphatic rings. The summed E-state index contributed by atoms with van der Waals surface area (Å²) >= 11 is 0. The maximum atomic E-state index is 11.2. The molecule has 1 atom stereocenters. The first-order valence-electron chi connectivity index (χ1n) is 5.67. The molecular formula is C13H19NO4. The lowest BCUT2D eigenvalue weighted by Gasteiger charge is -2.24. The highest BCUT2D eigenvalue weighted by atomic mass is 16.5. The maximum absolute atomic E-state index is 11.2. The Labute approximate surface area is 107 Å². The zero-order chi connectivity index (χ0) is 13.7. The van der Waals surface area contributed by atoms with Crippen molar-refractivity contribution in [2.24, 2.45) is 0 Å². The highest BCUT2D eigenvalue weighted by molar-refractivity contribution is 5.94. The van der Waals surface area contributed by atoms with E-state index in [1.54, 1.807) is 24.1 Å². The van der Waals surface area contributed by atoms with E-state index in [-0.39, 0.29) is 12.2 Å². The van der Waals surface area contributed by atoms with Crippen molar-refractivity contribution in [3.8, 4) is 0 Å². The number of aliphatic hydroxyl groups excluding tert-OH is 1. The van der Waals surface area contributed by atoms with Crippen LogP contribution < -0.4 is 4.90 Å². The molecule has 0 amide bonds. The minimum atomic E-state index is -0.971. The van der Waals surface area contributed by atoms with Crippen LogP contribution in [0.15, 0.2) is 18.2 Å². The fourth-order valence-corrected chi connectivity index (χ4v) is 1.81. The van der Waals surface area contributed by atoms with Gasteiger partial charge in [0.1, 0.15) is 0 Å². The van der Waals surface area contributed by atoms with E-state index in [9.17, 15) is 9.90 Å². The number of nitrogens with zero attached hydrogens (tertiary/aromatic N) is 1. The first-order chi connectivity index (χ1) is 8.45. The van der Waals surface area contributed by atoms with Gasteiger partial charge in [-0.1, -0.05) is 11.6 Å². The highest BCUT2D eigenvalue weighted by Crippen LogP contribution is 2.21. The van der Waals surface area contributed by atoms with Crippen molar-refractivity contribution in [3.05, 3.63) is 29.3 Å². The molecule has 1 rings (SSSR count). The summed E-state index contributed by atoms with van der Waals surface area (Å²) in [6.07, 6.45) is -0.650. The summed E-state index contributed by atoms with van der Waals surface area (Å²) in [6, 6.07) is 5.22. The summed E-state index contributed by atoms with van der Waals surface area (Å²) in [5.41, 5.74) is 1.72. The fourth-order valence-electron chi connectivity index (χ4n) is 1.81. The number of anilines is 1. The van der Waals surface area contributed by atoms with Crippen LogP contribution in [0, 0.1) is 6.92 Å². The van der Waals surface area contributed by atoms with Crippen molar-refractivity contribution >= 4 is 11.7 Å². The number of carbonyl (C=O) groups is 1. The Morgan fingerprint density at radius 3 is 2.72 bits per heavy atom. The molecular weight excluding hydrogens is 234 g/mol. The molecule has 5 heteroatoms. The van der Waals surface area contributed by atoms with Crippen molar-refractivity contribution in [2.75, 3.05) is 32.2 Å². The van der Waals surface area contributed by atoms with Crippen molar-refractivity contribution in [2.45, 2.75) is 13.0 Å². The van der Waals surface area contributed by atoms with Gasteiger partial charge in [-0.25, -0.2) is 4.79 Å². The first kappa shape index (κ1) is 14.5. The number of hydrogen-bond donors (Lipinski definition) is 2. The monoisotopic (exact) mass is 253 g/mol. The number of rotatable bonds is 6. The van der Waals surface area contributed by atoms with Crippen LogP contribution in [-0.4, -0.2) is 49.6 Å². The SMILES string of the molecule is COCC(O)CN(C)c1ccc(C)cc1C(=O)O. The van der Waals surface area contributed by atoms with E-state index in [1.165, 1.54) is 7.11 Å². The predicted octanol–water partition coefficient (Wildman–Crippen LogP) is 1.14. The quantitative estimate of drug-likeness (QED) is 0.795. The summed E-state index contributed by atoms with van der Waals surface area (Å²) in [5.74, 6) is -0.971. The Balaban J connectivity index is 2.91. The lowest BCUT2D eigenvalue weighted by molar-refractivity contribution is 0.0680. The number of aliphatic hydroxyl groups is 1. The van der Waals surface area contributed by atoms with Gasteiger partial charge >= 0.3 is 5.97 Å². The van der Waals surface area contributed by atoms with Crippen LogP contribution >= 0.6 is 0 Å². The van der Waals surface area contributed by atoms with Gasteiger partial charge in [0, 0.05) is 20.7 Å². The third kappa shape index (κ3) is 3.72. The van der Waals surface area contributed by atoms with Crippen molar-refractivity contribution in [3.63, 3.8) is 0 Å². The van der Waals surface area contributed by atoms with Gasteiger partial charge in [0.2, 0.25) is 0 Å². The zero-order valence-corrected chi connectivity index (χ0v) is 10.9. The molecule has 0 aromatic heterocycles. The van der Waals surface area contributed by atoms with Gasteiger partial charge in [0.15, 0.2) is 0 Å². The molecule has 0 radical (unpaired) electrons. The van der Waals surface area contributed by atoms with Gasteiger partial charge in [-0.3, -0.25) is 0 Å². The van der Waals surface area contributed by atoms with Gasteiger partial charge in [0.25, 0.3) is 0 Å². The number of benzene rings is 1. The Bertz CT molecular complexity index is 419. The molecule has 1 aromatic rings. The number of carboxylic acids is 1. The lowest BCUT2D eigenvalue weighted by atomic mass is 10.1. The van der Waals surface area contributed by atoms with E-state index < -0.39 is 12.1 Å². The highest BCUT2D eigenvalue weighted by Gasteiger charge is 2.16. The lowest BCUT2D eigenvalue weighted by Crippen LogP contribution is -2.32. The number of methoxy groups -OCH3 is 1. The molecule has 0 aliphatic carbocycles. The second-order valence-corrected chi connectivity index (χ2v) is 4.32. The van der Waals surface area contributed by atoms with Crippen molar-refractivity contribution < 1.29 is 19.7 Å². The molecule has 0 spiro atoms. The normalized spacial score (nSPS) is 12.2. The minimum absolute atomic E-state index is 0.221. The summed E-state index contributed by atoms with van der Waals surface area (Å²) in [4.78, 5) is 12.9. The minimum Gasteiger partial charge on any atom is -0.478 e. The average molecular weight is 253 g/mol. The van der Waals surface area contributed by atoms with Crippen LogP contribution in [-0.2, 0) is 4.74 Å². The van der Waals surface area contributed by atoms with Crippen LogP contribution in [0.4, 0.5) is 5.69 Å². The Morgan fingerprint density at radius 2 is 2.17 bits per heavy atom. The van der Waals surface area contributed by atoms with Crippen molar-refractivity contribution in [1.29, 1.82) is 0 Å². The summed E-state index contributed by atoms with van der Waals surface area (Å²) in [5, 5.41) is 18.8. The van der Waals surface area contributed by atoms with E-state index in [2.05, 4.69) is 0 Å². The molecule has 5 nitrogen and oxygen atoms in total. The first-order valence-corrected chi connectivity index (χ1v) is 5.67. The van der Waals surface area contributed by atoms with E-state index in [1.807, 2.05) is 13.0 Å². The second-order valence-electron chi connectivity index (χ2n) is 4.32. The van der Waals surface area contributed by atoms with Crippen LogP contribution in [0.2, 0.25) is 0 Å². The standard InChI is InChI=1S/C13H19NO4/c1-9-4-5-12(11(6-9)13(16)17)14(2)7-10(15)8-18-3/h4-6,10,15H,7-8H2,1-3H3,(H,16,17). The largest absolute Gasteiger partial charge is 0.478 e. The van der Waals surface area contributed by atoms with Crippen molar-refractivity contribution in [1.82, 2.24) is 0 Å². The topological polar surface area (TPSA) is 70.0 Å². The predicted molar refractivity (Wildman–Crippen MR) is 69.3 cm³/mol. The molecule has 0 fully saturated rings. The molecule has 18 heavy (non-hydrogen) atoms. The molecule has 0 heterocycles. The van der Waals surface area contributed by atoms with Crippen LogP contribution in [0.25, 0.3) is 0 Å². The number of aryl methyl sites for hydroxylation is 1. The fraction of sp³-hybridized carbons (Fsp3) is 0.462. The van der Waals surface area contributed by atoms with E-state index >= 15 is 0 Å². The third-order valence-corrected chi connectivity index (χ3v) is 2.64. The Kier molecular flexibility index (Phi) is 5.12. The maximum Gasteiger partial charge on any atom is 0.337 e. The Morgan fingerprint density at radius 1 is 1.50 bits per heavy atom. The van der Waals surface area contributed by atoms with E-state index in [4.69, 9.17) is 9.84 Å². The number of hydrogen-bond acceptors (Lipinski definition) is 4. The number of carboxylic acid groups (broad SMARTS) is 1. The molecule has 0 aliphatic heterocycles. The zero-order valence-electron chi connectivity index (χ0n) is 10.9. The molecule has 1 unspecified atom stereocenters. The molecule has 0 bridgehead atoms.